The SMILES string of the molecule is O=C(NCCCN1CCOCC1)C(=O)NCC(c1cccs1)S(=O)(=O)c1ccc(F)cc1. The summed E-state index contributed by atoms with van der Waals surface area (Å²) in [6.45, 7) is 3.94. The highest BCUT2D eigenvalue weighted by molar-refractivity contribution is 7.91. The molecule has 1 aliphatic rings. The molecule has 2 heterocycles. The fourth-order valence-electron chi connectivity index (χ4n) is 3.30. The van der Waals surface area contributed by atoms with Crippen LogP contribution in [-0.2, 0) is 24.2 Å². The third kappa shape index (κ3) is 6.58. The molecule has 174 valence electrons. The van der Waals surface area contributed by atoms with E-state index in [0.717, 1.165) is 31.8 Å². The molecule has 2 N–H and O–H groups in total. The topological polar surface area (TPSA) is 105 Å². The molecule has 8 nitrogen and oxygen atoms in total. The number of nitrogens with one attached hydrogen (secondary N) is 2. The number of carbonyl (C=O) groups is 2. The summed E-state index contributed by atoms with van der Waals surface area (Å²) >= 11 is 1.23. The molecule has 1 fully saturated rings. The third-order valence-corrected chi connectivity index (χ3v) is 8.31. The zero-order valence-corrected chi connectivity index (χ0v) is 19.1. The minimum Gasteiger partial charge on any atom is -0.379 e. The van der Waals surface area contributed by atoms with Crippen LogP contribution in [0.25, 0.3) is 0 Å². The van der Waals surface area contributed by atoms with Crippen molar-refractivity contribution in [2.24, 2.45) is 0 Å². The number of halogens is 1. The molecule has 2 aromatic rings. The molecule has 1 saturated heterocycles. The van der Waals surface area contributed by atoms with Crippen molar-refractivity contribution in [2.75, 3.05) is 45.9 Å². The van der Waals surface area contributed by atoms with Gasteiger partial charge in [-0.15, -0.1) is 11.3 Å². The highest BCUT2D eigenvalue weighted by Gasteiger charge is 2.31. The largest absolute Gasteiger partial charge is 0.379 e. The number of ether oxygens (including phenoxy) is 1. The summed E-state index contributed by atoms with van der Waals surface area (Å²) in [7, 11) is -3.91. The standard InChI is InChI=1S/C21H26FN3O5S2/c22-16-4-6-17(7-5-16)32(28,29)19(18-3-1-14-31-18)15-24-21(27)20(26)23-8-2-9-25-10-12-30-13-11-25/h1,3-7,14,19H,2,8-13,15H2,(H,23,26)(H,24,27). The van der Waals surface area contributed by atoms with Crippen LogP contribution in [0.3, 0.4) is 0 Å². The molecule has 32 heavy (non-hydrogen) atoms. The fraction of sp³-hybridized carbons (Fsp3) is 0.429. The van der Waals surface area contributed by atoms with Crippen molar-refractivity contribution in [2.45, 2.75) is 16.6 Å². The normalized spacial score (nSPS) is 15.8. The highest BCUT2D eigenvalue weighted by atomic mass is 32.2. The maximum atomic E-state index is 13.2. The van der Waals surface area contributed by atoms with Gasteiger partial charge in [0.25, 0.3) is 0 Å². The summed E-state index contributed by atoms with van der Waals surface area (Å²) in [5, 5.41) is 5.62. The number of morpholine rings is 1. The van der Waals surface area contributed by atoms with Gasteiger partial charge in [-0.05, 0) is 48.7 Å². The van der Waals surface area contributed by atoms with Crippen LogP contribution in [0.5, 0.6) is 0 Å². The monoisotopic (exact) mass is 483 g/mol. The second-order valence-electron chi connectivity index (χ2n) is 7.28. The van der Waals surface area contributed by atoms with Crippen molar-refractivity contribution in [1.29, 1.82) is 0 Å². The summed E-state index contributed by atoms with van der Waals surface area (Å²) in [5.41, 5.74) is 0. The van der Waals surface area contributed by atoms with Crippen molar-refractivity contribution in [3.05, 3.63) is 52.5 Å². The Morgan fingerprint density at radius 2 is 1.78 bits per heavy atom. The molecule has 0 saturated carbocycles. The number of rotatable bonds is 9. The Bertz CT molecular complexity index is 991. The summed E-state index contributed by atoms with van der Waals surface area (Å²) < 4.78 is 44.7. The van der Waals surface area contributed by atoms with Crippen molar-refractivity contribution in [3.63, 3.8) is 0 Å². The summed E-state index contributed by atoms with van der Waals surface area (Å²) in [6.07, 6.45) is 0.690. The molecular formula is C21H26FN3O5S2. The van der Waals surface area contributed by atoms with E-state index < -0.39 is 32.7 Å². The zero-order chi connectivity index (χ0) is 23.0. The lowest BCUT2D eigenvalue weighted by molar-refractivity contribution is -0.139. The molecule has 0 radical (unpaired) electrons. The average Bonchev–Trinajstić information content (AvgIpc) is 3.32. The summed E-state index contributed by atoms with van der Waals surface area (Å²) in [6, 6.07) is 7.87. The van der Waals surface area contributed by atoms with E-state index in [1.54, 1.807) is 17.5 Å². The Kier molecular flexibility index (Phi) is 8.74. The molecule has 1 unspecified atom stereocenters. The van der Waals surface area contributed by atoms with Gasteiger partial charge in [-0.3, -0.25) is 14.5 Å². The number of sulfone groups is 1. The van der Waals surface area contributed by atoms with Gasteiger partial charge in [0.05, 0.1) is 18.1 Å². The fourth-order valence-corrected chi connectivity index (χ4v) is 6.09. The first-order valence-electron chi connectivity index (χ1n) is 10.3. The predicted octanol–water partition coefficient (Wildman–Crippen LogP) is 1.36. The van der Waals surface area contributed by atoms with Gasteiger partial charge < -0.3 is 15.4 Å². The Balaban J connectivity index is 1.54. The number of benzene rings is 1. The second kappa shape index (κ2) is 11.5. The molecule has 1 aliphatic heterocycles. The van der Waals surface area contributed by atoms with Crippen LogP contribution in [0.4, 0.5) is 4.39 Å². The molecule has 3 rings (SSSR count). The predicted molar refractivity (Wildman–Crippen MR) is 119 cm³/mol. The molecule has 1 aromatic carbocycles. The first kappa shape index (κ1) is 24.3. The average molecular weight is 484 g/mol. The number of hydrogen-bond acceptors (Lipinski definition) is 7. The van der Waals surface area contributed by atoms with Crippen molar-refractivity contribution >= 4 is 33.0 Å². The van der Waals surface area contributed by atoms with E-state index >= 15 is 0 Å². The van der Waals surface area contributed by atoms with Crippen LogP contribution in [0.1, 0.15) is 16.5 Å². The van der Waals surface area contributed by atoms with E-state index in [2.05, 4.69) is 15.5 Å². The van der Waals surface area contributed by atoms with Gasteiger partial charge in [-0.25, -0.2) is 12.8 Å². The van der Waals surface area contributed by atoms with Crippen molar-refractivity contribution < 1.29 is 27.1 Å². The van der Waals surface area contributed by atoms with Crippen LogP contribution >= 0.6 is 11.3 Å². The van der Waals surface area contributed by atoms with E-state index in [4.69, 9.17) is 4.74 Å². The number of hydrogen-bond donors (Lipinski definition) is 2. The minimum absolute atomic E-state index is 0.0564. The van der Waals surface area contributed by atoms with Crippen LogP contribution < -0.4 is 10.6 Å². The first-order valence-corrected chi connectivity index (χ1v) is 12.7. The van der Waals surface area contributed by atoms with E-state index in [0.29, 0.717) is 31.1 Å². The first-order chi connectivity index (χ1) is 15.4. The van der Waals surface area contributed by atoms with Crippen LogP contribution in [-0.4, -0.2) is 71.1 Å². The quantitative estimate of drug-likeness (QED) is 0.317. The van der Waals surface area contributed by atoms with Gasteiger partial charge in [-0.1, -0.05) is 6.07 Å². The highest BCUT2D eigenvalue weighted by Crippen LogP contribution is 2.31. The third-order valence-electron chi connectivity index (χ3n) is 5.07. The van der Waals surface area contributed by atoms with Gasteiger partial charge >= 0.3 is 11.8 Å². The summed E-state index contributed by atoms with van der Waals surface area (Å²) in [4.78, 5) is 27.0. The Morgan fingerprint density at radius 3 is 2.44 bits per heavy atom. The Hall–Kier alpha value is -2.34. The van der Waals surface area contributed by atoms with E-state index in [-0.39, 0.29) is 11.4 Å². The number of carbonyl (C=O) groups excluding carboxylic acids is 2. The smallest absolute Gasteiger partial charge is 0.309 e. The van der Waals surface area contributed by atoms with E-state index in [1.807, 2.05) is 0 Å². The van der Waals surface area contributed by atoms with E-state index in [9.17, 15) is 22.4 Å². The van der Waals surface area contributed by atoms with Gasteiger partial charge in [0.15, 0.2) is 9.84 Å². The van der Waals surface area contributed by atoms with Crippen LogP contribution in [0, 0.1) is 5.82 Å². The molecule has 11 heteroatoms. The van der Waals surface area contributed by atoms with Gasteiger partial charge in [-0.2, -0.15) is 0 Å². The molecule has 0 aliphatic carbocycles. The molecule has 0 bridgehead atoms. The number of nitrogens with zero attached hydrogens (tertiary/aromatic N) is 1. The maximum absolute atomic E-state index is 13.2. The van der Waals surface area contributed by atoms with Crippen molar-refractivity contribution in [1.82, 2.24) is 15.5 Å². The van der Waals surface area contributed by atoms with Gasteiger partial charge in [0.1, 0.15) is 11.1 Å². The lowest BCUT2D eigenvalue weighted by Crippen LogP contribution is -2.43. The summed E-state index contributed by atoms with van der Waals surface area (Å²) in [5.74, 6) is -2.25. The zero-order valence-electron chi connectivity index (χ0n) is 17.5. The van der Waals surface area contributed by atoms with Crippen LogP contribution in [0.2, 0.25) is 0 Å². The Labute approximate surface area is 190 Å². The molecule has 1 aromatic heterocycles. The molecular weight excluding hydrogens is 457 g/mol. The van der Waals surface area contributed by atoms with Crippen molar-refractivity contribution in [3.8, 4) is 0 Å². The Morgan fingerprint density at radius 1 is 1.09 bits per heavy atom. The minimum atomic E-state index is -3.91. The molecule has 2 amide bonds. The van der Waals surface area contributed by atoms with Crippen LogP contribution in [0.15, 0.2) is 46.7 Å². The van der Waals surface area contributed by atoms with E-state index in [1.165, 1.54) is 23.5 Å². The van der Waals surface area contributed by atoms with Gasteiger partial charge in [0, 0.05) is 31.1 Å². The van der Waals surface area contributed by atoms with Gasteiger partial charge in [0.2, 0.25) is 0 Å². The molecule has 1 atom stereocenters. The molecule has 0 spiro atoms. The lowest BCUT2D eigenvalue weighted by atomic mass is 10.3. The second-order valence-corrected chi connectivity index (χ2v) is 10.4. The number of thiophene rings is 1. The lowest BCUT2D eigenvalue weighted by Gasteiger charge is -2.26. The maximum Gasteiger partial charge on any atom is 0.309 e. The number of amides is 2.